The maximum atomic E-state index is 12.9. The van der Waals surface area contributed by atoms with E-state index in [0.29, 0.717) is 25.7 Å². The average Bonchev–Trinajstić information content (AvgIpc) is 2.67. The molecule has 2 unspecified atom stereocenters. The van der Waals surface area contributed by atoms with E-state index >= 15 is 0 Å². The van der Waals surface area contributed by atoms with Crippen molar-refractivity contribution in [2.45, 2.75) is 97.6 Å². The highest BCUT2D eigenvalue weighted by molar-refractivity contribution is 5.76. The molecule has 1 heterocycles. The molecule has 2 N–H and O–H groups in total. The van der Waals surface area contributed by atoms with Crippen LogP contribution < -0.4 is 0 Å². The molecule has 174 valence electrons. The molecule has 0 saturated carbocycles. The summed E-state index contributed by atoms with van der Waals surface area (Å²) in [5.41, 5.74) is 1.63. The van der Waals surface area contributed by atoms with E-state index in [0.717, 1.165) is 17.6 Å². The minimum atomic E-state index is -0.652. The summed E-state index contributed by atoms with van der Waals surface area (Å²) in [7, 11) is 0. The number of aliphatic hydroxyl groups excluding tert-OH is 2. The number of hydrogen-bond acceptors (Lipinski definition) is 6. The molecule has 0 aromatic rings. The molecule has 1 saturated heterocycles. The normalized spacial score (nSPS) is 36.1. The Kier molecular flexibility index (Phi) is 7.32. The summed E-state index contributed by atoms with van der Waals surface area (Å²) in [6.45, 7) is 9.87. The smallest absolute Gasteiger partial charge is 0.311 e. The van der Waals surface area contributed by atoms with Crippen molar-refractivity contribution in [2.24, 2.45) is 23.2 Å². The van der Waals surface area contributed by atoms with Crippen molar-refractivity contribution in [3.63, 3.8) is 0 Å². The van der Waals surface area contributed by atoms with E-state index in [1.165, 1.54) is 0 Å². The van der Waals surface area contributed by atoms with Crippen LogP contribution in [0.15, 0.2) is 23.3 Å². The second-order valence-electron chi connectivity index (χ2n) is 10.4. The molecule has 3 rings (SSSR count). The first kappa shape index (κ1) is 24.0. The standard InChI is InChI=1S/C25H38O6/c1-6-25(4,5)24(29)31-21-10-14(2)9-16-11-20(27)15(3)19(23(16)21)8-7-18-12-17(26)13-22(28)30-18/h9,11,15,17-21,23,26-27H,6-8,10,12-13H2,1-5H3/t15-,17-,18-,19+,20?,21?,23+/m1/s1. The van der Waals surface area contributed by atoms with E-state index in [2.05, 4.69) is 6.08 Å². The molecule has 0 amide bonds. The Morgan fingerprint density at radius 1 is 1.26 bits per heavy atom. The maximum Gasteiger partial charge on any atom is 0.311 e. The predicted molar refractivity (Wildman–Crippen MR) is 117 cm³/mol. The van der Waals surface area contributed by atoms with Gasteiger partial charge in [0.15, 0.2) is 0 Å². The number of ether oxygens (including phenoxy) is 2. The molecule has 0 aromatic heterocycles. The molecular formula is C25H38O6. The maximum absolute atomic E-state index is 12.9. The molecular weight excluding hydrogens is 396 g/mol. The fourth-order valence-corrected chi connectivity index (χ4v) is 5.13. The fourth-order valence-electron chi connectivity index (χ4n) is 5.13. The van der Waals surface area contributed by atoms with Crippen LogP contribution in [0.5, 0.6) is 0 Å². The molecule has 6 nitrogen and oxygen atoms in total. The van der Waals surface area contributed by atoms with Crippen LogP contribution in [-0.4, -0.2) is 46.6 Å². The van der Waals surface area contributed by atoms with Gasteiger partial charge in [0, 0.05) is 18.8 Å². The SMILES string of the molecule is CCC(C)(C)C(=O)OC1CC(C)=CC2=CC(O)[C@H](C)[C@H](CC[C@@H]3C[C@@H](O)CC(=O)O3)[C@H]21. The van der Waals surface area contributed by atoms with E-state index in [1.807, 2.05) is 40.7 Å². The third-order valence-electron chi connectivity index (χ3n) is 7.51. The lowest BCUT2D eigenvalue weighted by atomic mass is 9.64. The molecule has 6 heteroatoms. The average molecular weight is 435 g/mol. The van der Waals surface area contributed by atoms with Gasteiger partial charge in [0.1, 0.15) is 12.2 Å². The number of fused-ring (bicyclic) bond motifs is 1. The molecule has 0 spiro atoms. The first-order valence-electron chi connectivity index (χ1n) is 11.7. The lowest BCUT2D eigenvalue weighted by molar-refractivity contribution is -0.165. The van der Waals surface area contributed by atoms with Gasteiger partial charge in [-0.3, -0.25) is 9.59 Å². The number of esters is 2. The summed E-state index contributed by atoms with van der Waals surface area (Å²) in [4.78, 5) is 24.6. The van der Waals surface area contributed by atoms with Crippen molar-refractivity contribution in [3.8, 4) is 0 Å². The minimum Gasteiger partial charge on any atom is -0.462 e. The molecule has 2 aliphatic carbocycles. The van der Waals surface area contributed by atoms with E-state index in [-0.39, 0.29) is 48.3 Å². The number of hydrogen-bond donors (Lipinski definition) is 2. The van der Waals surface area contributed by atoms with Gasteiger partial charge in [-0.15, -0.1) is 0 Å². The Hall–Kier alpha value is -1.66. The van der Waals surface area contributed by atoms with Gasteiger partial charge in [0.25, 0.3) is 0 Å². The quantitative estimate of drug-likeness (QED) is 0.619. The van der Waals surface area contributed by atoms with Crippen LogP contribution in [0.3, 0.4) is 0 Å². The Bertz CT molecular complexity index is 751. The van der Waals surface area contributed by atoms with Crippen LogP contribution in [0.4, 0.5) is 0 Å². The van der Waals surface area contributed by atoms with E-state index < -0.39 is 17.6 Å². The van der Waals surface area contributed by atoms with Crippen LogP contribution in [0, 0.1) is 23.2 Å². The lowest BCUT2D eigenvalue weighted by Gasteiger charge is -2.45. The first-order chi connectivity index (χ1) is 14.5. The highest BCUT2D eigenvalue weighted by atomic mass is 16.6. The Balaban J connectivity index is 1.81. The largest absolute Gasteiger partial charge is 0.462 e. The van der Waals surface area contributed by atoms with Crippen molar-refractivity contribution in [1.29, 1.82) is 0 Å². The number of cyclic esters (lactones) is 1. The van der Waals surface area contributed by atoms with Crippen LogP contribution >= 0.6 is 0 Å². The number of rotatable bonds is 6. The van der Waals surface area contributed by atoms with Crippen LogP contribution in [-0.2, 0) is 19.1 Å². The summed E-state index contributed by atoms with van der Waals surface area (Å²) in [5, 5.41) is 20.6. The van der Waals surface area contributed by atoms with E-state index in [1.54, 1.807) is 0 Å². The Morgan fingerprint density at radius 2 is 1.97 bits per heavy atom. The van der Waals surface area contributed by atoms with Gasteiger partial charge < -0.3 is 19.7 Å². The topological polar surface area (TPSA) is 93.1 Å². The molecule has 3 aliphatic rings. The number of allylic oxidation sites excluding steroid dienone is 1. The highest BCUT2D eigenvalue weighted by Gasteiger charge is 2.45. The summed E-state index contributed by atoms with van der Waals surface area (Å²) >= 11 is 0. The Morgan fingerprint density at radius 3 is 2.61 bits per heavy atom. The molecule has 0 radical (unpaired) electrons. The van der Waals surface area contributed by atoms with Gasteiger partial charge in [-0.2, -0.15) is 0 Å². The van der Waals surface area contributed by atoms with Gasteiger partial charge in [0.2, 0.25) is 0 Å². The van der Waals surface area contributed by atoms with Crippen molar-refractivity contribution in [2.75, 3.05) is 0 Å². The summed E-state index contributed by atoms with van der Waals surface area (Å²) in [5.74, 6) is -0.463. The van der Waals surface area contributed by atoms with Crippen LogP contribution in [0.1, 0.15) is 73.1 Å². The molecule has 7 atom stereocenters. The zero-order valence-electron chi connectivity index (χ0n) is 19.5. The van der Waals surface area contributed by atoms with Gasteiger partial charge in [-0.25, -0.2) is 0 Å². The molecule has 1 aliphatic heterocycles. The predicted octanol–water partition coefficient (Wildman–Crippen LogP) is 3.70. The fraction of sp³-hybridized carbons (Fsp3) is 0.760. The monoisotopic (exact) mass is 434 g/mol. The van der Waals surface area contributed by atoms with E-state index in [4.69, 9.17) is 9.47 Å². The number of carbonyl (C=O) groups is 2. The summed E-state index contributed by atoms with van der Waals surface area (Å²) < 4.78 is 11.5. The van der Waals surface area contributed by atoms with Crippen molar-refractivity contribution < 1.29 is 29.3 Å². The van der Waals surface area contributed by atoms with Crippen molar-refractivity contribution in [3.05, 3.63) is 23.3 Å². The molecule has 0 bridgehead atoms. The van der Waals surface area contributed by atoms with Crippen molar-refractivity contribution in [1.82, 2.24) is 0 Å². The molecule has 31 heavy (non-hydrogen) atoms. The second-order valence-corrected chi connectivity index (χ2v) is 10.4. The zero-order chi connectivity index (χ0) is 22.9. The highest BCUT2D eigenvalue weighted by Crippen LogP contribution is 2.46. The second kappa shape index (κ2) is 9.45. The third-order valence-corrected chi connectivity index (χ3v) is 7.51. The first-order valence-corrected chi connectivity index (χ1v) is 11.7. The number of aliphatic hydroxyl groups is 2. The lowest BCUT2D eigenvalue weighted by Crippen LogP contribution is -2.45. The van der Waals surface area contributed by atoms with Gasteiger partial charge in [0.05, 0.1) is 24.0 Å². The van der Waals surface area contributed by atoms with Crippen LogP contribution in [0.25, 0.3) is 0 Å². The van der Waals surface area contributed by atoms with Crippen molar-refractivity contribution >= 4 is 11.9 Å². The summed E-state index contributed by atoms with van der Waals surface area (Å²) in [6.07, 6.45) is 5.47. The summed E-state index contributed by atoms with van der Waals surface area (Å²) in [6, 6.07) is 0. The third kappa shape index (κ3) is 5.40. The minimum absolute atomic E-state index is 0.00271. The van der Waals surface area contributed by atoms with Gasteiger partial charge >= 0.3 is 11.9 Å². The molecule has 1 fully saturated rings. The van der Waals surface area contributed by atoms with Gasteiger partial charge in [-0.1, -0.05) is 31.6 Å². The van der Waals surface area contributed by atoms with Crippen LogP contribution in [0.2, 0.25) is 0 Å². The number of carbonyl (C=O) groups excluding carboxylic acids is 2. The zero-order valence-corrected chi connectivity index (χ0v) is 19.5. The Labute approximate surface area is 185 Å². The molecule has 0 aromatic carbocycles. The van der Waals surface area contributed by atoms with Gasteiger partial charge in [-0.05, 0) is 57.4 Å². The van der Waals surface area contributed by atoms with E-state index in [9.17, 15) is 19.8 Å².